The molecule has 2 aliphatic rings. The summed E-state index contributed by atoms with van der Waals surface area (Å²) in [6, 6.07) is 11.3. The number of carbonyl (C=O) groups is 3. The van der Waals surface area contributed by atoms with Gasteiger partial charge in [0.05, 0.1) is 24.9 Å². The van der Waals surface area contributed by atoms with Crippen LogP contribution in [0.4, 0.5) is 5.69 Å². The number of hydrogen-bond acceptors (Lipinski definition) is 10. The molecule has 8 N–H and O–H groups in total. The molecule has 4 aromatic rings. The highest BCUT2D eigenvalue weighted by molar-refractivity contribution is 7.99. The second kappa shape index (κ2) is 19.6. The summed E-state index contributed by atoms with van der Waals surface area (Å²) >= 11 is 8.55. The number of aromatic nitrogens is 2. The lowest BCUT2D eigenvalue weighted by Gasteiger charge is -2.32. The molecule has 294 valence electrons. The molecular weight excluding hydrogens is 738 g/mol. The Bertz CT molecular complexity index is 1940. The van der Waals surface area contributed by atoms with Gasteiger partial charge in [-0.15, -0.1) is 0 Å². The first-order chi connectivity index (χ1) is 26.8. The SMILES string of the molecule is CN1C(=O)[C@H](CCCCN)NC(=O)[C@H](CCCN)NCc2ccncc2Sc2c(N3CCOCC3)ccc(Cl)c2CNC(=O)[C@@H]1Cc1c[nH]c2ccccc12. The van der Waals surface area contributed by atoms with Crippen LogP contribution >= 0.6 is 23.4 Å². The van der Waals surface area contributed by atoms with Crippen LogP contribution in [0.1, 0.15) is 48.8 Å². The molecule has 0 aliphatic carbocycles. The second-order valence-electron chi connectivity index (χ2n) is 14.0. The van der Waals surface area contributed by atoms with Gasteiger partial charge in [-0.05, 0) is 80.6 Å². The van der Waals surface area contributed by atoms with Gasteiger partial charge in [0.15, 0.2) is 0 Å². The Labute approximate surface area is 331 Å². The number of carbonyl (C=O) groups excluding carboxylic acids is 3. The number of amides is 3. The van der Waals surface area contributed by atoms with Crippen molar-refractivity contribution >= 4 is 57.7 Å². The van der Waals surface area contributed by atoms with E-state index in [9.17, 15) is 14.4 Å². The van der Waals surface area contributed by atoms with Crippen molar-refractivity contribution in [1.29, 1.82) is 0 Å². The second-order valence-corrected chi connectivity index (χ2v) is 15.5. The number of benzene rings is 2. The van der Waals surface area contributed by atoms with Gasteiger partial charge in [0.1, 0.15) is 12.1 Å². The summed E-state index contributed by atoms with van der Waals surface area (Å²) in [6.07, 6.45) is 8.44. The van der Waals surface area contributed by atoms with E-state index in [0.717, 1.165) is 43.1 Å². The molecule has 0 spiro atoms. The minimum absolute atomic E-state index is 0.121. The van der Waals surface area contributed by atoms with Gasteiger partial charge in [0.25, 0.3) is 0 Å². The fraction of sp³-hybridized carbons (Fsp3) is 0.450. The maximum Gasteiger partial charge on any atom is 0.245 e. The Hall–Kier alpha value is -4.18. The molecule has 0 saturated carbocycles. The van der Waals surface area contributed by atoms with Gasteiger partial charge in [-0.1, -0.05) is 41.6 Å². The van der Waals surface area contributed by atoms with Crippen LogP contribution in [0.25, 0.3) is 10.9 Å². The summed E-state index contributed by atoms with van der Waals surface area (Å²) in [6.45, 7) is 3.95. The lowest BCUT2D eigenvalue weighted by Crippen LogP contribution is -2.57. The fourth-order valence-corrected chi connectivity index (χ4v) is 8.68. The van der Waals surface area contributed by atoms with Gasteiger partial charge in [-0.3, -0.25) is 19.4 Å². The van der Waals surface area contributed by atoms with Crippen LogP contribution in [0.15, 0.2) is 70.8 Å². The lowest BCUT2D eigenvalue weighted by atomic mass is 10.0. The van der Waals surface area contributed by atoms with Crippen molar-refractivity contribution in [2.24, 2.45) is 11.5 Å². The number of nitrogens with zero attached hydrogens (tertiary/aromatic N) is 3. The van der Waals surface area contributed by atoms with Crippen LogP contribution in [0.5, 0.6) is 0 Å². The number of likely N-dealkylation sites (N-methyl/N-ethyl adjacent to an activating group) is 1. The summed E-state index contributed by atoms with van der Waals surface area (Å²) in [5.41, 5.74) is 16.2. The molecule has 6 rings (SSSR count). The first-order valence-electron chi connectivity index (χ1n) is 19.1. The van der Waals surface area contributed by atoms with Crippen molar-refractivity contribution in [2.75, 3.05) is 51.3 Å². The highest BCUT2D eigenvalue weighted by atomic mass is 35.5. The van der Waals surface area contributed by atoms with E-state index in [4.69, 9.17) is 27.8 Å². The zero-order valence-electron chi connectivity index (χ0n) is 31.3. The topological polar surface area (TPSA) is 184 Å². The Kier molecular flexibility index (Phi) is 14.4. The average Bonchev–Trinajstić information content (AvgIpc) is 3.62. The van der Waals surface area contributed by atoms with Crippen LogP contribution in [0, 0.1) is 0 Å². The van der Waals surface area contributed by atoms with Crippen LogP contribution < -0.4 is 32.3 Å². The molecule has 2 aliphatic heterocycles. The molecule has 3 amide bonds. The summed E-state index contributed by atoms with van der Waals surface area (Å²) in [4.78, 5) is 56.5. The van der Waals surface area contributed by atoms with Gasteiger partial charge in [0, 0.05) is 89.5 Å². The molecular formula is C40H52ClN9O4S. The molecule has 4 heterocycles. The van der Waals surface area contributed by atoms with Crippen molar-refractivity contribution in [3.05, 3.63) is 82.8 Å². The van der Waals surface area contributed by atoms with E-state index in [1.807, 2.05) is 54.9 Å². The number of nitrogens with two attached hydrogens (primary N) is 2. The van der Waals surface area contributed by atoms with Gasteiger partial charge in [-0.2, -0.15) is 0 Å². The quantitative estimate of drug-likeness (QED) is 0.130. The summed E-state index contributed by atoms with van der Waals surface area (Å²) in [5.74, 6) is -0.997. The number of pyridine rings is 1. The van der Waals surface area contributed by atoms with E-state index in [1.54, 1.807) is 13.2 Å². The fourth-order valence-electron chi connectivity index (χ4n) is 7.19. The minimum atomic E-state index is -0.912. The molecule has 1 fully saturated rings. The van der Waals surface area contributed by atoms with Crippen molar-refractivity contribution in [2.45, 2.75) is 79.5 Å². The Morgan fingerprint density at radius 3 is 2.53 bits per heavy atom. The third-order valence-corrected chi connectivity index (χ3v) is 12.0. The number of halogens is 1. The molecule has 55 heavy (non-hydrogen) atoms. The van der Waals surface area contributed by atoms with E-state index in [-0.39, 0.29) is 30.7 Å². The smallest absolute Gasteiger partial charge is 0.245 e. The number of morpholine rings is 1. The molecule has 2 aromatic carbocycles. The van der Waals surface area contributed by atoms with E-state index in [2.05, 4.69) is 30.8 Å². The molecule has 2 aromatic heterocycles. The average molecular weight is 790 g/mol. The Morgan fingerprint density at radius 2 is 1.73 bits per heavy atom. The predicted octanol–water partition coefficient (Wildman–Crippen LogP) is 3.71. The largest absolute Gasteiger partial charge is 0.378 e. The van der Waals surface area contributed by atoms with Crippen molar-refractivity contribution in [1.82, 2.24) is 30.8 Å². The molecule has 0 unspecified atom stereocenters. The monoisotopic (exact) mass is 789 g/mol. The molecule has 15 heteroatoms. The number of ether oxygens (including phenoxy) is 1. The Morgan fingerprint density at radius 1 is 0.945 bits per heavy atom. The van der Waals surface area contributed by atoms with Gasteiger partial charge in [-0.25, -0.2) is 0 Å². The number of unbranched alkanes of at least 4 members (excludes halogenated alkanes) is 1. The number of rotatable bonds is 10. The van der Waals surface area contributed by atoms with E-state index in [0.29, 0.717) is 83.1 Å². The maximum absolute atomic E-state index is 14.6. The zero-order chi connectivity index (χ0) is 38.7. The highest BCUT2D eigenvalue weighted by Crippen LogP contribution is 2.42. The Balaban J connectivity index is 1.44. The van der Waals surface area contributed by atoms with Crippen molar-refractivity contribution in [3.63, 3.8) is 0 Å². The van der Waals surface area contributed by atoms with E-state index < -0.39 is 18.1 Å². The molecule has 0 radical (unpaired) electrons. The van der Waals surface area contributed by atoms with Crippen molar-refractivity contribution < 1.29 is 19.1 Å². The number of anilines is 1. The van der Waals surface area contributed by atoms with Crippen LogP contribution in [0.2, 0.25) is 5.02 Å². The van der Waals surface area contributed by atoms with E-state index in [1.165, 1.54) is 16.7 Å². The van der Waals surface area contributed by atoms with Crippen LogP contribution in [-0.2, 0) is 38.6 Å². The predicted molar refractivity (Wildman–Crippen MR) is 217 cm³/mol. The van der Waals surface area contributed by atoms with Gasteiger partial charge >= 0.3 is 0 Å². The van der Waals surface area contributed by atoms with Gasteiger partial charge < -0.3 is 46.9 Å². The third kappa shape index (κ3) is 9.98. The highest BCUT2D eigenvalue weighted by Gasteiger charge is 2.34. The molecule has 1 saturated heterocycles. The zero-order valence-corrected chi connectivity index (χ0v) is 32.9. The number of nitrogens with one attached hydrogen (secondary N) is 4. The molecule has 13 nitrogen and oxygen atoms in total. The first kappa shape index (κ1) is 40.5. The number of H-pyrrole nitrogens is 1. The third-order valence-electron chi connectivity index (χ3n) is 10.4. The van der Waals surface area contributed by atoms with Gasteiger partial charge in [0.2, 0.25) is 17.7 Å². The first-order valence-corrected chi connectivity index (χ1v) is 20.3. The summed E-state index contributed by atoms with van der Waals surface area (Å²) < 4.78 is 5.68. The normalized spacial score (nSPS) is 20.4. The number of fused-ring (bicyclic) bond motifs is 3. The van der Waals surface area contributed by atoms with Crippen molar-refractivity contribution in [3.8, 4) is 0 Å². The molecule has 0 bridgehead atoms. The van der Waals surface area contributed by atoms with E-state index >= 15 is 0 Å². The summed E-state index contributed by atoms with van der Waals surface area (Å²) in [7, 11) is 1.64. The lowest BCUT2D eigenvalue weighted by molar-refractivity contribution is -0.142. The van der Waals surface area contributed by atoms with Crippen LogP contribution in [-0.4, -0.2) is 97.2 Å². The van der Waals surface area contributed by atoms with Crippen LogP contribution in [0.3, 0.4) is 0 Å². The number of para-hydroxylation sites is 1. The molecule has 3 atom stereocenters. The summed E-state index contributed by atoms with van der Waals surface area (Å²) in [5, 5.41) is 11.2. The minimum Gasteiger partial charge on any atom is -0.378 e. The number of aromatic amines is 1. The standard InChI is InChI=1S/C40H52ClN9O4S/c1-49-35(21-27-23-45-31-8-3-2-7-28(27)31)39(52)47-24-29-30(41)11-12-34(50-17-19-54-20-18-50)37(29)55-36-25-44-16-13-26(36)22-46-32(10-6-15-43)38(51)48-33(40(49)53)9-4-5-14-42/h2-3,7-8,11-13,16,23,25,32-33,35,45-46H,4-6,9-10,14-15,17-22,24,42-43H2,1H3,(H,47,52)(H,48,51)/t32-,33-,35-/m0/s1. The maximum atomic E-state index is 14.6. The number of hydrogen-bond donors (Lipinski definition) is 6.